The van der Waals surface area contributed by atoms with Crippen LogP contribution in [0, 0.1) is 0 Å². The topological polar surface area (TPSA) is 56.2 Å². The second-order valence-corrected chi connectivity index (χ2v) is 6.51. The molecule has 26 heavy (non-hydrogen) atoms. The standard InChI is InChI=1S/C19H17Cl2N3O2/c1-24-10-9-22-19(24)18(13-5-3-2-4-6-13)23-17(25)12-26-16-8-7-14(20)11-15(16)21/h2-11,18H,12H2,1H3,(H,23,25). The normalized spacial score (nSPS) is 11.8. The number of amides is 1. The van der Waals surface area contributed by atoms with Gasteiger partial charge in [0.2, 0.25) is 0 Å². The van der Waals surface area contributed by atoms with Crippen molar-refractivity contribution in [1.82, 2.24) is 14.9 Å². The number of hydrogen-bond acceptors (Lipinski definition) is 3. The number of imidazole rings is 1. The zero-order valence-electron chi connectivity index (χ0n) is 14.0. The number of halogens is 2. The van der Waals surface area contributed by atoms with Crippen LogP contribution in [0.4, 0.5) is 0 Å². The van der Waals surface area contributed by atoms with E-state index in [9.17, 15) is 4.79 Å². The van der Waals surface area contributed by atoms with Gasteiger partial charge in [0.05, 0.1) is 5.02 Å². The number of benzene rings is 2. The molecule has 0 bridgehead atoms. The largest absolute Gasteiger partial charge is 0.482 e. The van der Waals surface area contributed by atoms with Gasteiger partial charge in [0.25, 0.3) is 5.91 Å². The molecule has 1 amide bonds. The molecule has 1 unspecified atom stereocenters. The Bertz CT molecular complexity index is 897. The van der Waals surface area contributed by atoms with Crippen molar-refractivity contribution in [2.45, 2.75) is 6.04 Å². The number of nitrogens with zero attached hydrogens (tertiary/aromatic N) is 2. The Balaban J connectivity index is 1.72. The monoisotopic (exact) mass is 389 g/mol. The Morgan fingerprint density at radius 3 is 2.65 bits per heavy atom. The number of rotatable bonds is 6. The lowest BCUT2D eigenvalue weighted by atomic mass is 10.1. The van der Waals surface area contributed by atoms with Gasteiger partial charge in [0.1, 0.15) is 17.6 Å². The van der Waals surface area contributed by atoms with E-state index in [1.807, 2.05) is 48.1 Å². The molecule has 3 aromatic rings. The molecule has 0 saturated carbocycles. The van der Waals surface area contributed by atoms with Crippen LogP contribution >= 0.6 is 23.2 Å². The summed E-state index contributed by atoms with van der Waals surface area (Å²) in [6.07, 6.45) is 3.53. The van der Waals surface area contributed by atoms with Gasteiger partial charge in [-0.15, -0.1) is 0 Å². The van der Waals surface area contributed by atoms with E-state index in [4.69, 9.17) is 27.9 Å². The minimum Gasteiger partial charge on any atom is -0.482 e. The molecule has 1 heterocycles. The third-order valence-electron chi connectivity index (χ3n) is 3.81. The molecule has 2 aromatic carbocycles. The summed E-state index contributed by atoms with van der Waals surface area (Å²) in [4.78, 5) is 16.8. The van der Waals surface area contributed by atoms with Gasteiger partial charge < -0.3 is 14.6 Å². The maximum absolute atomic E-state index is 12.4. The molecule has 134 valence electrons. The Morgan fingerprint density at radius 2 is 2.00 bits per heavy atom. The Hall–Kier alpha value is -2.50. The summed E-state index contributed by atoms with van der Waals surface area (Å²) in [5.41, 5.74) is 0.930. The molecule has 0 spiro atoms. The molecule has 0 radical (unpaired) electrons. The van der Waals surface area contributed by atoms with Gasteiger partial charge in [-0.2, -0.15) is 0 Å². The van der Waals surface area contributed by atoms with E-state index >= 15 is 0 Å². The average molecular weight is 390 g/mol. The van der Waals surface area contributed by atoms with Crippen molar-refractivity contribution in [2.24, 2.45) is 7.05 Å². The number of carbonyl (C=O) groups is 1. The van der Waals surface area contributed by atoms with E-state index in [2.05, 4.69) is 10.3 Å². The maximum Gasteiger partial charge on any atom is 0.258 e. The van der Waals surface area contributed by atoms with Crippen LogP contribution in [0.15, 0.2) is 60.9 Å². The quantitative estimate of drug-likeness (QED) is 0.692. The summed E-state index contributed by atoms with van der Waals surface area (Å²) in [5, 5.41) is 3.82. The Kier molecular flexibility index (Phi) is 5.81. The summed E-state index contributed by atoms with van der Waals surface area (Å²) in [5.74, 6) is 0.849. The predicted octanol–water partition coefficient (Wildman–Crippen LogP) is 4.01. The zero-order valence-corrected chi connectivity index (χ0v) is 15.5. The number of aryl methyl sites for hydroxylation is 1. The molecule has 1 N–H and O–H groups in total. The van der Waals surface area contributed by atoms with Crippen molar-refractivity contribution in [3.63, 3.8) is 0 Å². The fourth-order valence-corrected chi connectivity index (χ4v) is 3.00. The minimum absolute atomic E-state index is 0.172. The summed E-state index contributed by atoms with van der Waals surface area (Å²) in [7, 11) is 1.88. The van der Waals surface area contributed by atoms with Crippen molar-refractivity contribution in [3.8, 4) is 5.75 Å². The molecule has 0 aliphatic heterocycles. The van der Waals surface area contributed by atoms with Crippen LogP contribution in [-0.2, 0) is 11.8 Å². The molecule has 1 aromatic heterocycles. The van der Waals surface area contributed by atoms with Gasteiger partial charge in [-0.3, -0.25) is 4.79 Å². The summed E-state index contributed by atoms with van der Waals surface area (Å²) < 4.78 is 7.38. The fourth-order valence-electron chi connectivity index (χ4n) is 2.54. The number of aromatic nitrogens is 2. The lowest BCUT2D eigenvalue weighted by Gasteiger charge is -2.19. The number of ether oxygens (including phenoxy) is 1. The Labute approximate surface area is 161 Å². The van der Waals surface area contributed by atoms with Crippen molar-refractivity contribution in [3.05, 3.63) is 82.4 Å². The lowest BCUT2D eigenvalue weighted by molar-refractivity contribution is -0.123. The Morgan fingerprint density at radius 1 is 1.23 bits per heavy atom. The third-order valence-corrected chi connectivity index (χ3v) is 4.34. The van der Waals surface area contributed by atoms with Gasteiger partial charge >= 0.3 is 0 Å². The summed E-state index contributed by atoms with van der Waals surface area (Å²) in [6, 6.07) is 14.1. The van der Waals surface area contributed by atoms with Gasteiger partial charge in [0, 0.05) is 24.5 Å². The van der Waals surface area contributed by atoms with E-state index in [1.165, 1.54) is 0 Å². The highest BCUT2D eigenvalue weighted by Gasteiger charge is 2.20. The molecule has 5 nitrogen and oxygen atoms in total. The van der Waals surface area contributed by atoms with Gasteiger partial charge in [0.15, 0.2) is 6.61 Å². The van der Waals surface area contributed by atoms with Gasteiger partial charge in [-0.1, -0.05) is 53.5 Å². The van der Waals surface area contributed by atoms with Gasteiger partial charge in [-0.25, -0.2) is 4.98 Å². The lowest BCUT2D eigenvalue weighted by Crippen LogP contribution is -2.34. The van der Waals surface area contributed by atoms with Crippen LogP contribution < -0.4 is 10.1 Å². The third kappa shape index (κ3) is 4.36. The summed E-state index contributed by atoms with van der Waals surface area (Å²) in [6.45, 7) is -0.172. The fraction of sp³-hybridized carbons (Fsp3) is 0.158. The molecule has 3 rings (SSSR count). The number of carbonyl (C=O) groups excluding carboxylic acids is 1. The van der Waals surface area contributed by atoms with Crippen molar-refractivity contribution in [2.75, 3.05) is 6.61 Å². The first kappa shape index (κ1) is 18.3. The molecule has 1 atom stereocenters. The predicted molar refractivity (Wildman–Crippen MR) is 102 cm³/mol. The molecular weight excluding hydrogens is 373 g/mol. The maximum atomic E-state index is 12.4. The molecular formula is C19H17Cl2N3O2. The first-order valence-corrected chi connectivity index (χ1v) is 8.69. The van der Waals surface area contributed by atoms with Crippen LogP contribution in [0.25, 0.3) is 0 Å². The van der Waals surface area contributed by atoms with Crippen molar-refractivity contribution < 1.29 is 9.53 Å². The highest BCUT2D eigenvalue weighted by Crippen LogP contribution is 2.27. The van der Waals surface area contributed by atoms with Crippen molar-refractivity contribution in [1.29, 1.82) is 0 Å². The SMILES string of the molecule is Cn1ccnc1C(NC(=O)COc1ccc(Cl)cc1Cl)c1ccccc1. The van der Waals surface area contributed by atoms with Crippen LogP contribution in [-0.4, -0.2) is 22.1 Å². The smallest absolute Gasteiger partial charge is 0.258 e. The van der Waals surface area contributed by atoms with E-state index in [-0.39, 0.29) is 18.6 Å². The first-order valence-electron chi connectivity index (χ1n) is 7.94. The van der Waals surface area contributed by atoms with Crippen LogP contribution in [0.2, 0.25) is 10.0 Å². The summed E-state index contributed by atoms with van der Waals surface area (Å²) >= 11 is 11.9. The zero-order chi connectivity index (χ0) is 18.5. The van der Waals surface area contributed by atoms with Crippen LogP contribution in [0.3, 0.4) is 0 Å². The van der Waals surface area contributed by atoms with Crippen LogP contribution in [0.1, 0.15) is 17.4 Å². The first-order chi connectivity index (χ1) is 12.5. The van der Waals surface area contributed by atoms with E-state index in [0.29, 0.717) is 15.8 Å². The highest BCUT2D eigenvalue weighted by molar-refractivity contribution is 6.35. The molecule has 0 aliphatic rings. The highest BCUT2D eigenvalue weighted by atomic mass is 35.5. The second kappa shape index (κ2) is 8.25. The average Bonchev–Trinajstić information content (AvgIpc) is 3.05. The molecule has 0 aliphatic carbocycles. The van der Waals surface area contributed by atoms with E-state index in [0.717, 1.165) is 11.4 Å². The second-order valence-electron chi connectivity index (χ2n) is 5.67. The minimum atomic E-state index is -0.381. The molecule has 0 saturated heterocycles. The number of nitrogens with one attached hydrogen (secondary N) is 1. The van der Waals surface area contributed by atoms with Crippen molar-refractivity contribution >= 4 is 29.1 Å². The van der Waals surface area contributed by atoms with Gasteiger partial charge in [-0.05, 0) is 23.8 Å². The number of hydrogen-bond donors (Lipinski definition) is 1. The molecule has 0 fully saturated rings. The van der Waals surface area contributed by atoms with E-state index in [1.54, 1.807) is 24.4 Å². The molecule has 7 heteroatoms. The van der Waals surface area contributed by atoms with Crippen LogP contribution in [0.5, 0.6) is 5.75 Å². The van der Waals surface area contributed by atoms with E-state index < -0.39 is 0 Å².